The monoisotopic (exact) mass is 464 g/mol. The molecule has 0 aliphatic heterocycles. The third kappa shape index (κ3) is 7.19. The molecule has 0 fully saturated rings. The Labute approximate surface area is 200 Å². The number of aryl methyl sites for hydroxylation is 1. The zero-order valence-electron chi connectivity index (χ0n) is 19.6. The Kier molecular flexibility index (Phi) is 9.07. The summed E-state index contributed by atoms with van der Waals surface area (Å²) in [5.74, 6) is 0.678. The summed E-state index contributed by atoms with van der Waals surface area (Å²) in [6.07, 6.45) is 1.06. The number of carbonyl (C=O) groups excluding carboxylic acids is 2. The number of ether oxygens (including phenoxy) is 1. The predicted octanol–water partition coefficient (Wildman–Crippen LogP) is 5.08. The molecule has 0 saturated carbocycles. The molecular weight excluding hydrogens is 432 g/mol. The van der Waals surface area contributed by atoms with Crippen molar-refractivity contribution in [3.8, 4) is 5.75 Å². The summed E-state index contributed by atoms with van der Waals surface area (Å²) in [5.41, 5.74) is 3.17. The zero-order valence-corrected chi connectivity index (χ0v) is 20.4. The van der Waals surface area contributed by atoms with Crippen molar-refractivity contribution in [1.82, 2.24) is 9.80 Å². The van der Waals surface area contributed by atoms with Crippen molar-refractivity contribution < 1.29 is 14.3 Å². The fraction of sp³-hybridized carbons (Fsp3) is 0.333. The van der Waals surface area contributed by atoms with Gasteiger partial charge in [-0.05, 0) is 53.6 Å². The molecule has 3 rings (SSSR count). The minimum atomic E-state index is -0.0395. The van der Waals surface area contributed by atoms with E-state index in [1.807, 2.05) is 66.4 Å². The predicted molar refractivity (Wildman–Crippen MR) is 133 cm³/mol. The van der Waals surface area contributed by atoms with Gasteiger partial charge in [0.2, 0.25) is 11.8 Å². The van der Waals surface area contributed by atoms with Crippen LogP contribution in [0.25, 0.3) is 0 Å². The van der Waals surface area contributed by atoms with Gasteiger partial charge in [0.15, 0.2) is 0 Å². The van der Waals surface area contributed by atoms with Crippen LogP contribution in [0.1, 0.15) is 34.9 Å². The molecule has 3 aromatic rings. The van der Waals surface area contributed by atoms with Crippen LogP contribution in [0.4, 0.5) is 0 Å². The van der Waals surface area contributed by atoms with E-state index in [1.165, 1.54) is 10.4 Å². The first-order chi connectivity index (χ1) is 16.0. The Morgan fingerprint density at radius 3 is 2.21 bits per heavy atom. The van der Waals surface area contributed by atoms with Gasteiger partial charge < -0.3 is 14.5 Å². The van der Waals surface area contributed by atoms with E-state index in [1.54, 1.807) is 23.3 Å². The van der Waals surface area contributed by atoms with Gasteiger partial charge in [0.25, 0.3) is 0 Å². The van der Waals surface area contributed by atoms with Gasteiger partial charge in [0.1, 0.15) is 5.75 Å². The molecule has 0 aliphatic carbocycles. The number of thiophene rings is 1. The molecule has 0 saturated heterocycles. The van der Waals surface area contributed by atoms with Crippen LogP contribution in [0.3, 0.4) is 0 Å². The standard InChI is InChI=1S/C27H32N2O3S/c1-4-15-28(26(30)17-22-10-12-24(32-3)13-11-22)20-27(31)29(18-23-8-6-5-7-9-23)19-25-21(2)14-16-33-25/h5-14,16H,4,15,17-20H2,1-3H3. The van der Waals surface area contributed by atoms with E-state index in [2.05, 4.69) is 18.4 Å². The molecular formula is C27H32N2O3S. The summed E-state index contributed by atoms with van der Waals surface area (Å²) in [4.78, 5) is 31.2. The molecule has 0 unspecified atom stereocenters. The minimum absolute atomic E-state index is 0.0387. The summed E-state index contributed by atoms with van der Waals surface area (Å²) < 4.78 is 5.19. The van der Waals surface area contributed by atoms with Crippen LogP contribution < -0.4 is 4.74 Å². The molecule has 0 N–H and O–H groups in total. The quantitative estimate of drug-likeness (QED) is 0.398. The number of rotatable bonds is 11. The number of carbonyl (C=O) groups is 2. The van der Waals surface area contributed by atoms with Crippen LogP contribution in [-0.2, 0) is 29.1 Å². The first-order valence-electron chi connectivity index (χ1n) is 11.3. The molecule has 5 nitrogen and oxygen atoms in total. The molecule has 1 aromatic heterocycles. The van der Waals surface area contributed by atoms with Crippen molar-refractivity contribution >= 4 is 23.2 Å². The Morgan fingerprint density at radius 2 is 1.61 bits per heavy atom. The van der Waals surface area contributed by atoms with Gasteiger partial charge in [-0.15, -0.1) is 11.3 Å². The Morgan fingerprint density at radius 1 is 0.879 bits per heavy atom. The average molecular weight is 465 g/mol. The fourth-order valence-electron chi connectivity index (χ4n) is 3.63. The van der Waals surface area contributed by atoms with Gasteiger partial charge in [-0.25, -0.2) is 0 Å². The molecule has 6 heteroatoms. The Balaban J connectivity index is 1.73. The third-order valence-corrected chi connectivity index (χ3v) is 6.57. The molecule has 0 aliphatic rings. The first kappa shape index (κ1) is 24.5. The summed E-state index contributed by atoms with van der Waals surface area (Å²) in [5, 5.41) is 2.05. The minimum Gasteiger partial charge on any atom is -0.497 e. The highest BCUT2D eigenvalue weighted by atomic mass is 32.1. The van der Waals surface area contributed by atoms with Crippen molar-refractivity contribution in [3.05, 3.63) is 87.6 Å². The van der Waals surface area contributed by atoms with Gasteiger partial charge in [0, 0.05) is 18.0 Å². The highest BCUT2D eigenvalue weighted by molar-refractivity contribution is 7.10. The lowest BCUT2D eigenvalue weighted by Crippen LogP contribution is -2.43. The molecule has 1 heterocycles. The number of hydrogen-bond donors (Lipinski definition) is 0. The normalized spacial score (nSPS) is 10.6. The largest absolute Gasteiger partial charge is 0.497 e. The molecule has 0 spiro atoms. The van der Waals surface area contributed by atoms with Crippen LogP contribution in [0.2, 0.25) is 0 Å². The first-order valence-corrected chi connectivity index (χ1v) is 12.1. The summed E-state index contributed by atoms with van der Waals surface area (Å²) in [6, 6.07) is 19.6. The summed E-state index contributed by atoms with van der Waals surface area (Å²) in [7, 11) is 1.62. The Hall–Kier alpha value is -3.12. The van der Waals surface area contributed by atoms with E-state index in [0.29, 0.717) is 19.6 Å². The van der Waals surface area contributed by atoms with E-state index in [9.17, 15) is 9.59 Å². The lowest BCUT2D eigenvalue weighted by molar-refractivity contribution is -0.141. The van der Waals surface area contributed by atoms with Crippen LogP contribution >= 0.6 is 11.3 Å². The van der Waals surface area contributed by atoms with E-state index in [4.69, 9.17) is 4.74 Å². The van der Waals surface area contributed by atoms with E-state index in [0.717, 1.165) is 23.3 Å². The second-order valence-electron chi connectivity index (χ2n) is 8.10. The van der Waals surface area contributed by atoms with Crippen LogP contribution in [-0.4, -0.2) is 41.8 Å². The van der Waals surface area contributed by atoms with Crippen LogP contribution in [0.5, 0.6) is 5.75 Å². The van der Waals surface area contributed by atoms with E-state index < -0.39 is 0 Å². The molecule has 0 atom stereocenters. The molecule has 2 aromatic carbocycles. The maximum absolute atomic E-state index is 13.4. The summed E-state index contributed by atoms with van der Waals surface area (Å²) >= 11 is 1.66. The van der Waals surface area contributed by atoms with Crippen LogP contribution in [0, 0.1) is 6.92 Å². The van der Waals surface area contributed by atoms with Crippen LogP contribution in [0.15, 0.2) is 66.0 Å². The van der Waals surface area contributed by atoms with Gasteiger partial charge in [-0.1, -0.05) is 49.4 Å². The average Bonchev–Trinajstić information content (AvgIpc) is 3.23. The SMILES string of the molecule is CCCN(CC(=O)N(Cc1ccccc1)Cc1sccc1C)C(=O)Cc1ccc(OC)cc1. The van der Waals surface area contributed by atoms with Crippen molar-refractivity contribution in [1.29, 1.82) is 0 Å². The van der Waals surface area contributed by atoms with Crippen molar-refractivity contribution in [2.45, 2.75) is 39.8 Å². The van der Waals surface area contributed by atoms with Gasteiger partial charge >= 0.3 is 0 Å². The fourth-order valence-corrected chi connectivity index (χ4v) is 4.55. The van der Waals surface area contributed by atoms with E-state index >= 15 is 0 Å². The van der Waals surface area contributed by atoms with Crippen molar-refractivity contribution in [3.63, 3.8) is 0 Å². The second-order valence-corrected chi connectivity index (χ2v) is 9.10. The topological polar surface area (TPSA) is 49.9 Å². The molecule has 0 bridgehead atoms. The van der Waals surface area contributed by atoms with Gasteiger partial charge in [-0.3, -0.25) is 9.59 Å². The van der Waals surface area contributed by atoms with Crippen molar-refractivity contribution in [2.75, 3.05) is 20.2 Å². The molecule has 174 valence electrons. The number of hydrogen-bond acceptors (Lipinski definition) is 4. The highest BCUT2D eigenvalue weighted by Crippen LogP contribution is 2.20. The zero-order chi connectivity index (χ0) is 23.6. The smallest absolute Gasteiger partial charge is 0.242 e. The molecule has 0 radical (unpaired) electrons. The van der Waals surface area contributed by atoms with Gasteiger partial charge in [0.05, 0.1) is 26.6 Å². The van der Waals surface area contributed by atoms with Gasteiger partial charge in [-0.2, -0.15) is 0 Å². The highest BCUT2D eigenvalue weighted by Gasteiger charge is 2.22. The lowest BCUT2D eigenvalue weighted by atomic mass is 10.1. The number of amides is 2. The number of nitrogens with zero attached hydrogens (tertiary/aromatic N) is 2. The molecule has 2 amide bonds. The maximum atomic E-state index is 13.4. The number of benzene rings is 2. The van der Waals surface area contributed by atoms with Crippen molar-refractivity contribution in [2.24, 2.45) is 0 Å². The molecule has 33 heavy (non-hydrogen) atoms. The number of methoxy groups -OCH3 is 1. The lowest BCUT2D eigenvalue weighted by Gasteiger charge is -2.28. The Bertz CT molecular complexity index is 1030. The van der Waals surface area contributed by atoms with E-state index in [-0.39, 0.29) is 24.8 Å². The summed E-state index contributed by atoms with van der Waals surface area (Å²) in [6.45, 7) is 5.79. The maximum Gasteiger partial charge on any atom is 0.242 e. The second kappa shape index (κ2) is 12.2. The third-order valence-electron chi connectivity index (χ3n) is 5.56.